The van der Waals surface area contributed by atoms with Crippen molar-refractivity contribution in [2.75, 3.05) is 26.2 Å². The van der Waals surface area contributed by atoms with Crippen LogP contribution < -0.4 is 5.32 Å². The Morgan fingerprint density at radius 3 is 2.55 bits per heavy atom. The molecule has 5 heteroatoms. The first-order chi connectivity index (χ1) is 10.6. The van der Waals surface area contributed by atoms with Gasteiger partial charge in [-0.3, -0.25) is 9.59 Å². The third-order valence-electron chi connectivity index (χ3n) is 5.84. The highest BCUT2D eigenvalue weighted by Gasteiger charge is 2.52. The smallest absolute Gasteiger partial charge is 0.226 e. The van der Waals surface area contributed by atoms with Gasteiger partial charge in [0.15, 0.2) is 0 Å². The second-order valence-corrected chi connectivity index (χ2v) is 7.93. The summed E-state index contributed by atoms with van der Waals surface area (Å²) in [7, 11) is 0. The van der Waals surface area contributed by atoms with Crippen LogP contribution in [0.3, 0.4) is 0 Å². The molecule has 122 valence electrons. The first-order valence-electron chi connectivity index (χ1n) is 8.77. The van der Waals surface area contributed by atoms with E-state index < -0.39 is 0 Å². The summed E-state index contributed by atoms with van der Waals surface area (Å²) in [6.07, 6.45) is 5.28. The van der Waals surface area contributed by atoms with E-state index in [1.54, 1.807) is 0 Å². The van der Waals surface area contributed by atoms with E-state index >= 15 is 0 Å². The summed E-state index contributed by atoms with van der Waals surface area (Å²) in [5, 5.41) is 3.05. The van der Waals surface area contributed by atoms with Crippen LogP contribution in [0.25, 0.3) is 0 Å². The molecule has 3 atom stereocenters. The molecular formula is C17H26N2O3. The molecule has 0 aromatic heterocycles. The summed E-state index contributed by atoms with van der Waals surface area (Å²) in [4.78, 5) is 25.8. The fourth-order valence-electron chi connectivity index (χ4n) is 3.77. The largest absolute Gasteiger partial charge is 0.371 e. The number of carbonyl (C=O) groups is 2. The van der Waals surface area contributed by atoms with Gasteiger partial charge in [0.05, 0.1) is 19.7 Å². The molecular weight excluding hydrogens is 280 g/mol. The first-order valence-corrected chi connectivity index (χ1v) is 8.77. The minimum Gasteiger partial charge on any atom is -0.371 e. The van der Waals surface area contributed by atoms with Crippen molar-refractivity contribution in [1.82, 2.24) is 10.2 Å². The Kier molecular flexibility index (Phi) is 3.44. The van der Waals surface area contributed by atoms with Crippen molar-refractivity contribution >= 4 is 11.8 Å². The highest BCUT2D eigenvalue weighted by atomic mass is 16.5. The molecule has 4 fully saturated rings. The lowest BCUT2D eigenvalue weighted by molar-refractivity contribution is -0.189. The summed E-state index contributed by atoms with van der Waals surface area (Å²) in [6.45, 7) is 5.16. The molecule has 1 N–H and O–H groups in total. The Morgan fingerprint density at radius 2 is 2.00 bits per heavy atom. The molecule has 0 aromatic carbocycles. The number of likely N-dealkylation sites (tertiary alicyclic amines) is 1. The van der Waals surface area contributed by atoms with Gasteiger partial charge in [0.2, 0.25) is 11.8 Å². The van der Waals surface area contributed by atoms with E-state index in [0.717, 1.165) is 51.7 Å². The first kappa shape index (κ1) is 14.5. The van der Waals surface area contributed by atoms with Crippen LogP contribution in [0.2, 0.25) is 0 Å². The van der Waals surface area contributed by atoms with Gasteiger partial charge in [-0.15, -0.1) is 0 Å². The fraction of sp³-hybridized carbons (Fsp3) is 0.882. The minimum atomic E-state index is -0.0786. The maximum absolute atomic E-state index is 12.2. The molecule has 1 spiro atoms. The molecule has 5 nitrogen and oxygen atoms in total. The van der Waals surface area contributed by atoms with Crippen molar-refractivity contribution in [3.05, 3.63) is 0 Å². The molecule has 2 heterocycles. The van der Waals surface area contributed by atoms with Gasteiger partial charge in [0.1, 0.15) is 5.60 Å². The van der Waals surface area contributed by atoms with Crippen molar-refractivity contribution in [3.8, 4) is 0 Å². The van der Waals surface area contributed by atoms with Crippen LogP contribution in [-0.2, 0) is 14.3 Å². The maximum atomic E-state index is 12.2. The highest BCUT2D eigenvalue weighted by molar-refractivity contribution is 5.82. The van der Waals surface area contributed by atoms with Gasteiger partial charge in [-0.1, -0.05) is 6.92 Å². The number of nitrogens with one attached hydrogen (secondary N) is 1. The zero-order valence-electron chi connectivity index (χ0n) is 13.3. The molecule has 0 unspecified atom stereocenters. The number of amides is 2. The van der Waals surface area contributed by atoms with E-state index in [2.05, 4.69) is 12.2 Å². The van der Waals surface area contributed by atoms with E-state index in [1.807, 2.05) is 4.90 Å². The van der Waals surface area contributed by atoms with Crippen molar-refractivity contribution < 1.29 is 14.3 Å². The second kappa shape index (κ2) is 5.22. The van der Waals surface area contributed by atoms with E-state index in [-0.39, 0.29) is 23.3 Å². The molecule has 2 aliphatic carbocycles. The lowest BCUT2D eigenvalue weighted by Crippen LogP contribution is -2.66. The highest BCUT2D eigenvalue weighted by Crippen LogP contribution is 2.43. The van der Waals surface area contributed by atoms with Crippen LogP contribution >= 0.6 is 0 Å². The Hall–Kier alpha value is -1.10. The molecule has 2 aliphatic heterocycles. The number of ether oxygens (including phenoxy) is 1. The monoisotopic (exact) mass is 306 g/mol. The van der Waals surface area contributed by atoms with Crippen molar-refractivity contribution in [1.29, 1.82) is 0 Å². The summed E-state index contributed by atoms with van der Waals surface area (Å²) < 4.78 is 6.08. The third-order valence-corrected chi connectivity index (χ3v) is 5.84. The SMILES string of the molecule is C[C@@H]1C[C@H]1C(=O)N1CC2(CC[C@@H](CNC(=O)C3CC3)CO2)C1. The third kappa shape index (κ3) is 2.75. The molecule has 0 radical (unpaired) electrons. The number of nitrogens with zero attached hydrogens (tertiary/aromatic N) is 1. The van der Waals surface area contributed by atoms with Gasteiger partial charge in [0.25, 0.3) is 0 Å². The van der Waals surface area contributed by atoms with Crippen LogP contribution in [-0.4, -0.2) is 48.6 Å². The Morgan fingerprint density at radius 1 is 1.27 bits per heavy atom. The fourth-order valence-corrected chi connectivity index (χ4v) is 3.77. The molecule has 2 saturated carbocycles. The van der Waals surface area contributed by atoms with Crippen molar-refractivity contribution in [2.45, 2.75) is 44.6 Å². The Labute approximate surface area is 131 Å². The lowest BCUT2D eigenvalue weighted by Gasteiger charge is -2.53. The summed E-state index contributed by atoms with van der Waals surface area (Å²) in [5.41, 5.74) is -0.0786. The van der Waals surface area contributed by atoms with Crippen molar-refractivity contribution in [2.24, 2.45) is 23.7 Å². The summed E-state index contributed by atoms with van der Waals surface area (Å²) in [6, 6.07) is 0. The number of rotatable bonds is 4. The molecule has 0 aromatic rings. The van der Waals surface area contributed by atoms with Crippen LogP contribution in [0.15, 0.2) is 0 Å². The van der Waals surface area contributed by atoms with Crippen LogP contribution in [0.5, 0.6) is 0 Å². The van der Waals surface area contributed by atoms with Crippen molar-refractivity contribution in [3.63, 3.8) is 0 Å². The predicted octanol–water partition coefficient (Wildman–Crippen LogP) is 1.18. The minimum absolute atomic E-state index is 0.0786. The second-order valence-electron chi connectivity index (χ2n) is 7.93. The molecule has 2 amide bonds. The molecule has 4 aliphatic rings. The van der Waals surface area contributed by atoms with E-state index in [9.17, 15) is 9.59 Å². The zero-order chi connectivity index (χ0) is 15.3. The van der Waals surface area contributed by atoms with E-state index in [1.165, 1.54) is 0 Å². The topological polar surface area (TPSA) is 58.6 Å². The average Bonchev–Trinajstić information content (AvgIpc) is 3.37. The molecule has 2 saturated heterocycles. The van der Waals surface area contributed by atoms with Crippen LogP contribution in [0, 0.1) is 23.7 Å². The van der Waals surface area contributed by atoms with Gasteiger partial charge in [-0.05, 0) is 43.9 Å². The van der Waals surface area contributed by atoms with Gasteiger partial charge < -0.3 is 15.0 Å². The molecule has 0 bridgehead atoms. The Bertz CT molecular complexity index is 472. The summed E-state index contributed by atoms with van der Waals surface area (Å²) in [5.74, 6) is 2.13. The molecule has 4 rings (SSSR count). The maximum Gasteiger partial charge on any atom is 0.226 e. The van der Waals surface area contributed by atoms with Gasteiger partial charge in [-0.2, -0.15) is 0 Å². The standard InChI is InChI=1S/C17H26N2O3/c1-11-6-14(11)16(21)19-9-17(10-19)5-4-12(8-22-17)7-18-15(20)13-2-3-13/h11-14H,2-10H2,1H3,(H,18,20)/t11-,12+,14-/m1/s1. The van der Waals surface area contributed by atoms with E-state index in [4.69, 9.17) is 4.74 Å². The lowest BCUT2D eigenvalue weighted by atomic mass is 9.82. The van der Waals surface area contributed by atoms with Gasteiger partial charge >= 0.3 is 0 Å². The Balaban J connectivity index is 1.18. The number of carbonyl (C=O) groups excluding carboxylic acids is 2. The van der Waals surface area contributed by atoms with Crippen LogP contribution in [0.1, 0.15) is 39.0 Å². The quantitative estimate of drug-likeness (QED) is 0.848. The van der Waals surface area contributed by atoms with Gasteiger partial charge in [0, 0.05) is 18.4 Å². The number of hydrogen-bond donors (Lipinski definition) is 1. The normalized spacial score (nSPS) is 35.9. The van der Waals surface area contributed by atoms with Crippen LogP contribution in [0.4, 0.5) is 0 Å². The van der Waals surface area contributed by atoms with Gasteiger partial charge in [-0.25, -0.2) is 0 Å². The zero-order valence-corrected chi connectivity index (χ0v) is 13.3. The number of hydrogen-bond acceptors (Lipinski definition) is 3. The summed E-state index contributed by atoms with van der Waals surface area (Å²) >= 11 is 0. The molecule has 22 heavy (non-hydrogen) atoms. The predicted molar refractivity (Wildman–Crippen MR) is 81.0 cm³/mol. The average molecular weight is 306 g/mol. The van der Waals surface area contributed by atoms with E-state index in [0.29, 0.717) is 24.3 Å².